The summed E-state index contributed by atoms with van der Waals surface area (Å²) >= 11 is 0. The second kappa shape index (κ2) is 9.27. The molecule has 4 rings (SSSR count). The zero-order valence-corrected chi connectivity index (χ0v) is 18.9. The maximum absolute atomic E-state index is 15.6. The summed E-state index contributed by atoms with van der Waals surface area (Å²) in [4.78, 5) is 9.27. The molecule has 0 saturated heterocycles. The zero-order chi connectivity index (χ0) is 22.7. The molecule has 1 aromatic heterocycles. The molecule has 160 valence electrons. The molecule has 32 heavy (non-hydrogen) atoms. The van der Waals surface area contributed by atoms with Gasteiger partial charge >= 0.3 is 0 Å². The van der Waals surface area contributed by atoms with Gasteiger partial charge in [-0.05, 0) is 54.5 Å². The second-order valence-electron chi connectivity index (χ2n) is 8.38. The van der Waals surface area contributed by atoms with Crippen molar-refractivity contribution in [3.05, 3.63) is 113 Å². The van der Waals surface area contributed by atoms with Gasteiger partial charge in [-0.1, -0.05) is 74.0 Å². The molecule has 2 nitrogen and oxygen atoms in total. The lowest BCUT2D eigenvalue weighted by atomic mass is 9.95. The van der Waals surface area contributed by atoms with Crippen LogP contribution in [0, 0.1) is 18.7 Å². The Morgan fingerprint density at radius 3 is 2.22 bits per heavy atom. The normalized spacial score (nSPS) is 12.9. The van der Waals surface area contributed by atoms with Gasteiger partial charge in [0.1, 0.15) is 5.82 Å². The lowest BCUT2D eigenvalue weighted by Crippen LogP contribution is -2.12. The van der Waals surface area contributed by atoms with Gasteiger partial charge in [0.2, 0.25) is 0 Å². The fraction of sp³-hybridized carbons (Fsp3) is 0.172. The molecule has 0 amide bonds. The smallest absolute Gasteiger partial charge is 0.140 e. The van der Waals surface area contributed by atoms with E-state index in [4.69, 9.17) is 4.99 Å². The summed E-state index contributed by atoms with van der Waals surface area (Å²) in [6.07, 6.45) is 3.56. The minimum atomic E-state index is -0.222. The Bertz CT molecular complexity index is 1300. The van der Waals surface area contributed by atoms with Crippen LogP contribution in [0.2, 0.25) is 0 Å². The van der Waals surface area contributed by atoms with Crippen LogP contribution in [0.4, 0.5) is 4.39 Å². The van der Waals surface area contributed by atoms with Crippen LogP contribution in [0.1, 0.15) is 43.0 Å². The fourth-order valence-electron chi connectivity index (χ4n) is 3.87. The topological polar surface area (TPSA) is 25.2 Å². The van der Waals surface area contributed by atoms with Crippen LogP contribution in [0.5, 0.6) is 0 Å². The number of allylic oxidation sites excluding steroid dienone is 1. The monoisotopic (exact) mass is 422 g/mol. The molecule has 0 bridgehead atoms. The van der Waals surface area contributed by atoms with Crippen LogP contribution in [-0.4, -0.2) is 10.7 Å². The molecular weight excluding hydrogens is 395 g/mol. The number of hydrogen-bond acceptors (Lipinski definition) is 2. The Kier molecular flexibility index (Phi) is 6.27. The van der Waals surface area contributed by atoms with Crippen molar-refractivity contribution < 1.29 is 4.39 Å². The second-order valence-corrected chi connectivity index (χ2v) is 8.38. The van der Waals surface area contributed by atoms with Crippen LogP contribution in [0.15, 0.2) is 90.2 Å². The van der Waals surface area contributed by atoms with E-state index in [9.17, 15) is 0 Å². The van der Waals surface area contributed by atoms with E-state index in [1.807, 2.05) is 48.5 Å². The van der Waals surface area contributed by atoms with Crippen molar-refractivity contribution >= 4 is 27.8 Å². The van der Waals surface area contributed by atoms with Crippen LogP contribution >= 0.6 is 0 Å². The number of benzene rings is 3. The largest absolute Gasteiger partial charge is 0.265 e. The summed E-state index contributed by atoms with van der Waals surface area (Å²) in [5, 5.41) is 1.50. The first kappa shape index (κ1) is 21.6. The summed E-state index contributed by atoms with van der Waals surface area (Å²) in [6.45, 7) is 8.24. The van der Waals surface area contributed by atoms with E-state index >= 15 is 4.39 Å². The molecule has 0 aliphatic carbocycles. The molecule has 3 heteroatoms. The van der Waals surface area contributed by atoms with Crippen molar-refractivity contribution in [3.8, 4) is 0 Å². The number of aryl methyl sites for hydroxylation is 1. The number of hydrogen-bond donors (Lipinski definition) is 0. The van der Waals surface area contributed by atoms with Gasteiger partial charge in [0, 0.05) is 28.9 Å². The summed E-state index contributed by atoms with van der Waals surface area (Å²) in [5.74, 6) is -0.184. The van der Waals surface area contributed by atoms with Crippen molar-refractivity contribution in [2.75, 3.05) is 0 Å². The molecule has 0 aliphatic rings. The summed E-state index contributed by atoms with van der Waals surface area (Å²) in [7, 11) is 0. The Hall–Kier alpha value is -3.59. The fourth-order valence-corrected chi connectivity index (χ4v) is 3.87. The van der Waals surface area contributed by atoms with Gasteiger partial charge in [-0.3, -0.25) is 9.98 Å². The third-order valence-electron chi connectivity index (χ3n) is 5.71. The molecule has 0 N–H and O–H groups in total. The molecule has 0 aliphatic heterocycles. The van der Waals surface area contributed by atoms with Gasteiger partial charge < -0.3 is 0 Å². The molecule has 1 heterocycles. The number of aliphatic imine (C=N–C) groups is 1. The average molecular weight is 423 g/mol. The van der Waals surface area contributed by atoms with Crippen LogP contribution in [0.3, 0.4) is 0 Å². The molecule has 0 unspecified atom stereocenters. The molecular formula is C29H27FN2. The van der Waals surface area contributed by atoms with Gasteiger partial charge in [-0.15, -0.1) is 0 Å². The first-order valence-electron chi connectivity index (χ1n) is 10.9. The van der Waals surface area contributed by atoms with Crippen molar-refractivity contribution in [3.63, 3.8) is 0 Å². The maximum Gasteiger partial charge on any atom is 0.140 e. The number of nitrogens with zero attached hydrogens (tertiary/aromatic N) is 2. The molecule has 0 atom stereocenters. The third kappa shape index (κ3) is 4.38. The highest BCUT2D eigenvalue weighted by Gasteiger charge is 2.18. The molecule has 0 radical (unpaired) electrons. The van der Waals surface area contributed by atoms with E-state index in [2.05, 4.69) is 56.9 Å². The van der Waals surface area contributed by atoms with Crippen LogP contribution in [0.25, 0.3) is 22.0 Å². The third-order valence-corrected chi connectivity index (χ3v) is 5.71. The van der Waals surface area contributed by atoms with Crippen molar-refractivity contribution in [2.24, 2.45) is 10.9 Å². The molecule has 4 aromatic rings. The zero-order valence-electron chi connectivity index (χ0n) is 18.9. The molecule has 0 saturated carbocycles. The van der Waals surface area contributed by atoms with Crippen LogP contribution in [-0.2, 0) is 0 Å². The van der Waals surface area contributed by atoms with Gasteiger partial charge in [0.25, 0.3) is 0 Å². The average Bonchev–Trinajstić information content (AvgIpc) is 2.81. The summed E-state index contributed by atoms with van der Waals surface area (Å²) in [6, 6.07) is 23.6. The highest BCUT2D eigenvalue weighted by molar-refractivity contribution is 6.08. The standard InChI is InChI=1S/C29H27FN2/c1-19(2)28(26-14-13-23-7-5-6-8-25(23)27(26)30)32-29(24-11-9-20(3)10-12-24)21(4)22-15-17-31-18-16-22/h5-19H,1-4H3/b29-21+,32-28+. The Morgan fingerprint density at radius 2 is 1.53 bits per heavy atom. The SMILES string of the molecule is C/C(=C(\N=C(\c1ccc2ccccc2c1F)C(C)C)c1ccc(C)cc1)c1ccncc1. The number of rotatable bonds is 5. The molecule has 0 fully saturated rings. The van der Waals surface area contributed by atoms with Crippen molar-refractivity contribution in [1.29, 1.82) is 0 Å². The van der Waals surface area contributed by atoms with Crippen LogP contribution < -0.4 is 0 Å². The number of fused-ring (bicyclic) bond motifs is 1. The number of halogens is 1. The Morgan fingerprint density at radius 1 is 0.844 bits per heavy atom. The predicted octanol–water partition coefficient (Wildman–Crippen LogP) is 7.72. The van der Waals surface area contributed by atoms with Gasteiger partial charge in [-0.2, -0.15) is 0 Å². The lowest BCUT2D eigenvalue weighted by Gasteiger charge is -2.17. The van der Waals surface area contributed by atoms with E-state index < -0.39 is 0 Å². The Labute approximate surface area is 189 Å². The Balaban J connectivity index is 1.96. The van der Waals surface area contributed by atoms with Gasteiger partial charge in [-0.25, -0.2) is 4.39 Å². The number of pyridine rings is 1. The summed E-state index contributed by atoms with van der Waals surface area (Å²) in [5.41, 5.74) is 6.38. The van der Waals surface area contributed by atoms with Crippen molar-refractivity contribution in [2.45, 2.75) is 27.7 Å². The highest BCUT2D eigenvalue weighted by atomic mass is 19.1. The molecule has 0 spiro atoms. The predicted molar refractivity (Wildman–Crippen MR) is 133 cm³/mol. The van der Waals surface area contributed by atoms with E-state index in [1.165, 1.54) is 5.56 Å². The maximum atomic E-state index is 15.6. The van der Waals surface area contributed by atoms with E-state index in [1.54, 1.807) is 12.4 Å². The number of aromatic nitrogens is 1. The van der Waals surface area contributed by atoms with E-state index in [0.29, 0.717) is 10.9 Å². The molecule has 3 aromatic carbocycles. The summed E-state index contributed by atoms with van der Waals surface area (Å²) < 4.78 is 15.6. The van der Waals surface area contributed by atoms with Gasteiger partial charge in [0.05, 0.1) is 11.4 Å². The highest BCUT2D eigenvalue weighted by Crippen LogP contribution is 2.30. The first-order valence-corrected chi connectivity index (χ1v) is 10.9. The quantitative estimate of drug-likeness (QED) is 0.302. The van der Waals surface area contributed by atoms with Gasteiger partial charge in [0.15, 0.2) is 0 Å². The lowest BCUT2D eigenvalue weighted by molar-refractivity contribution is 0.635. The van der Waals surface area contributed by atoms with Crippen molar-refractivity contribution in [1.82, 2.24) is 4.98 Å². The minimum absolute atomic E-state index is 0.0383. The minimum Gasteiger partial charge on any atom is -0.265 e. The first-order chi connectivity index (χ1) is 15.5. The van der Waals surface area contributed by atoms with E-state index in [0.717, 1.165) is 33.5 Å². The van der Waals surface area contributed by atoms with E-state index in [-0.39, 0.29) is 11.7 Å².